The minimum atomic E-state index is -0.741. The molecule has 0 unspecified atom stereocenters. The van der Waals surface area contributed by atoms with E-state index in [9.17, 15) is 14.7 Å². The van der Waals surface area contributed by atoms with Crippen LogP contribution < -0.4 is 0 Å². The van der Waals surface area contributed by atoms with E-state index in [0.717, 1.165) is 4.47 Å². The number of rotatable bonds is 4. The quantitative estimate of drug-likeness (QED) is 0.263. The van der Waals surface area contributed by atoms with Gasteiger partial charge in [0.2, 0.25) is 5.78 Å². The molecular formula is C20H19BrO4. The Balaban J connectivity index is 2.48. The molecule has 0 aliphatic rings. The van der Waals surface area contributed by atoms with Gasteiger partial charge < -0.3 is 9.84 Å². The molecule has 0 fully saturated rings. The first-order valence-electron chi connectivity index (χ1n) is 7.71. The second kappa shape index (κ2) is 7.66. The average Bonchev–Trinajstić information content (AvgIpc) is 2.52. The predicted octanol–water partition coefficient (Wildman–Crippen LogP) is 4.76. The zero-order valence-corrected chi connectivity index (χ0v) is 15.8. The van der Waals surface area contributed by atoms with Gasteiger partial charge in [0.1, 0.15) is 16.9 Å². The third-order valence-electron chi connectivity index (χ3n) is 3.19. The van der Waals surface area contributed by atoms with Crippen LogP contribution in [0.4, 0.5) is 0 Å². The van der Waals surface area contributed by atoms with E-state index in [0.29, 0.717) is 5.56 Å². The predicted molar refractivity (Wildman–Crippen MR) is 100 cm³/mol. The molecule has 130 valence electrons. The molecule has 2 rings (SSSR count). The summed E-state index contributed by atoms with van der Waals surface area (Å²) < 4.78 is 6.24. The lowest BCUT2D eigenvalue weighted by atomic mass is 10.00. The molecule has 0 spiro atoms. The largest absolute Gasteiger partial charge is 0.507 e. The fraction of sp³-hybridized carbons (Fsp3) is 0.200. The lowest BCUT2D eigenvalue weighted by Crippen LogP contribution is -2.27. The Labute approximate surface area is 155 Å². The smallest absolute Gasteiger partial charge is 0.342 e. The fourth-order valence-corrected chi connectivity index (χ4v) is 2.35. The number of phenolic OH excluding ortho intramolecular Hbond substituents is 1. The van der Waals surface area contributed by atoms with Crippen LogP contribution in [0.2, 0.25) is 0 Å². The van der Waals surface area contributed by atoms with Gasteiger partial charge in [0.25, 0.3) is 0 Å². The molecule has 0 saturated carbocycles. The Morgan fingerprint density at radius 3 is 2.20 bits per heavy atom. The van der Waals surface area contributed by atoms with Crippen molar-refractivity contribution in [3.63, 3.8) is 0 Å². The SMILES string of the molecule is CC(C)(C)OC(=O)/C(=C/c1ccc(Br)cc1)C(=O)c1ccccc1O. The number of halogens is 1. The van der Waals surface area contributed by atoms with Gasteiger partial charge in [0.15, 0.2) is 0 Å². The van der Waals surface area contributed by atoms with Crippen molar-refractivity contribution in [2.75, 3.05) is 0 Å². The van der Waals surface area contributed by atoms with Crippen LogP contribution in [0.3, 0.4) is 0 Å². The number of Topliss-reactive ketones (excluding diaryl/α,β-unsaturated/α-hetero) is 1. The van der Waals surface area contributed by atoms with Crippen LogP contribution in [0, 0.1) is 0 Å². The molecular weight excluding hydrogens is 384 g/mol. The van der Waals surface area contributed by atoms with Crippen LogP contribution in [0.1, 0.15) is 36.7 Å². The van der Waals surface area contributed by atoms with Crippen LogP contribution in [0.5, 0.6) is 5.75 Å². The fourth-order valence-electron chi connectivity index (χ4n) is 2.09. The van der Waals surface area contributed by atoms with Gasteiger partial charge in [-0.2, -0.15) is 0 Å². The van der Waals surface area contributed by atoms with Gasteiger partial charge in [0, 0.05) is 4.47 Å². The zero-order chi connectivity index (χ0) is 18.6. The summed E-state index contributed by atoms with van der Waals surface area (Å²) in [7, 11) is 0. The lowest BCUT2D eigenvalue weighted by molar-refractivity contribution is -0.149. The Morgan fingerprint density at radius 1 is 1.04 bits per heavy atom. The van der Waals surface area contributed by atoms with Crippen molar-refractivity contribution >= 4 is 33.8 Å². The van der Waals surface area contributed by atoms with E-state index in [1.165, 1.54) is 18.2 Å². The number of esters is 1. The van der Waals surface area contributed by atoms with Gasteiger partial charge >= 0.3 is 5.97 Å². The number of aromatic hydroxyl groups is 1. The highest BCUT2D eigenvalue weighted by molar-refractivity contribution is 9.10. The van der Waals surface area contributed by atoms with Crippen LogP contribution in [0.25, 0.3) is 6.08 Å². The van der Waals surface area contributed by atoms with Gasteiger partial charge in [-0.1, -0.05) is 40.2 Å². The van der Waals surface area contributed by atoms with E-state index >= 15 is 0 Å². The number of ketones is 1. The molecule has 0 aliphatic carbocycles. The number of carbonyl (C=O) groups excluding carboxylic acids is 2. The van der Waals surface area contributed by atoms with Crippen molar-refractivity contribution in [2.24, 2.45) is 0 Å². The van der Waals surface area contributed by atoms with Crippen LogP contribution >= 0.6 is 15.9 Å². The number of hydrogen-bond donors (Lipinski definition) is 1. The summed E-state index contributed by atoms with van der Waals surface area (Å²) in [5, 5.41) is 9.94. The first kappa shape index (κ1) is 18.9. The maximum Gasteiger partial charge on any atom is 0.342 e. The van der Waals surface area contributed by atoms with E-state index in [4.69, 9.17) is 4.74 Å². The topological polar surface area (TPSA) is 63.6 Å². The number of carbonyl (C=O) groups is 2. The van der Waals surface area contributed by atoms with E-state index in [2.05, 4.69) is 15.9 Å². The van der Waals surface area contributed by atoms with Crippen molar-refractivity contribution in [1.29, 1.82) is 0 Å². The third kappa shape index (κ3) is 5.29. The van der Waals surface area contributed by atoms with Crippen LogP contribution in [0.15, 0.2) is 58.6 Å². The maximum absolute atomic E-state index is 12.8. The van der Waals surface area contributed by atoms with E-state index in [-0.39, 0.29) is 16.9 Å². The second-order valence-corrected chi connectivity index (χ2v) is 7.37. The summed E-state index contributed by atoms with van der Waals surface area (Å²) in [6, 6.07) is 13.3. The molecule has 4 nitrogen and oxygen atoms in total. The maximum atomic E-state index is 12.8. The summed E-state index contributed by atoms with van der Waals surface area (Å²) in [4.78, 5) is 25.4. The highest BCUT2D eigenvalue weighted by atomic mass is 79.9. The molecule has 0 bridgehead atoms. The summed E-state index contributed by atoms with van der Waals surface area (Å²) in [6.45, 7) is 5.19. The minimum absolute atomic E-state index is 0.0525. The number of para-hydroxylation sites is 1. The number of ether oxygens (including phenoxy) is 1. The molecule has 0 saturated heterocycles. The molecule has 0 aromatic heterocycles. The standard InChI is InChI=1S/C20H19BrO4/c1-20(2,3)25-19(24)16(12-13-8-10-14(21)11-9-13)18(23)15-6-4-5-7-17(15)22/h4-12,22H,1-3H3/b16-12+. The van der Waals surface area contributed by atoms with Crippen LogP contribution in [-0.2, 0) is 9.53 Å². The highest BCUT2D eigenvalue weighted by Crippen LogP contribution is 2.23. The Kier molecular flexibility index (Phi) is 5.80. The van der Waals surface area contributed by atoms with E-state index in [1.54, 1.807) is 45.0 Å². The van der Waals surface area contributed by atoms with Crippen molar-refractivity contribution in [1.82, 2.24) is 0 Å². The minimum Gasteiger partial charge on any atom is -0.507 e. The first-order valence-corrected chi connectivity index (χ1v) is 8.50. The third-order valence-corrected chi connectivity index (χ3v) is 3.72. The molecule has 5 heteroatoms. The molecule has 2 aromatic carbocycles. The van der Waals surface area contributed by atoms with Gasteiger partial charge in [-0.25, -0.2) is 4.79 Å². The molecule has 0 heterocycles. The van der Waals surface area contributed by atoms with Crippen LogP contribution in [-0.4, -0.2) is 22.5 Å². The van der Waals surface area contributed by atoms with Gasteiger partial charge in [-0.05, 0) is 56.7 Å². The number of benzene rings is 2. The number of hydrogen-bond acceptors (Lipinski definition) is 4. The molecule has 2 aromatic rings. The van der Waals surface area contributed by atoms with Gasteiger partial charge in [-0.3, -0.25) is 4.79 Å². The molecule has 0 amide bonds. The Morgan fingerprint density at radius 2 is 1.64 bits per heavy atom. The second-order valence-electron chi connectivity index (χ2n) is 6.46. The molecule has 0 aliphatic heterocycles. The van der Waals surface area contributed by atoms with Crippen molar-refractivity contribution in [3.05, 3.63) is 69.7 Å². The highest BCUT2D eigenvalue weighted by Gasteiger charge is 2.27. The Hall–Kier alpha value is -2.40. The summed E-state index contributed by atoms with van der Waals surface area (Å²) >= 11 is 3.34. The summed E-state index contributed by atoms with van der Waals surface area (Å²) in [6.07, 6.45) is 1.47. The molecule has 0 atom stereocenters. The van der Waals surface area contributed by atoms with Crippen molar-refractivity contribution in [2.45, 2.75) is 26.4 Å². The summed E-state index contributed by atoms with van der Waals surface area (Å²) in [5.41, 5.74) is -0.155. The lowest BCUT2D eigenvalue weighted by Gasteiger charge is -2.20. The van der Waals surface area contributed by atoms with E-state index < -0.39 is 17.4 Å². The van der Waals surface area contributed by atoms with Gasteiger partial charge in [0.05, 0.1) is 5.56 Å². The van der Waals surface area contributed by atoms with Gasteiger partial charge in [-0.15, -0.1) is 0 Å². The van der Waals surface area contributed by atoms with Crippen molar-refractivity contribution in [3.8, 4) is 5.75 Å². The zero-order valence-electron chi connectivity index (χ0n) is 14.2. The Bertz CT molecular complexity index is 814. The van der Waals surface area contributed by atoms with Crippen molar-refractivity contribution < 1.29 is 19.4 Å². The van der Waals surface area contributed by atoms with E-state index in [1.807, 2.05) is 12.1 Å². The normalized spacial score (nSPS) is 11.9. The summed E-state index contributed by atoms with van der Waals surface area (Å²) in [5.74, 6) is -1.50. The monoisotopic (exact) mass is 402 g/mol. The first-order chi connectivity index (χ1) is 11.7. The molecule has 0 radical (unpaired) electrons. The molecule has 25 heavy (non-hydrogen) atoms. The number of phenols is 1. The molecule has 1 N–H and O–H groups in total. The average molecular weight is 403 g/mol.